The van der Waals surface area contributed by atoms with Crippen LogP contribution < -0.4 is 10.6 Å². The van der Waals surface area contributed by atoms with E-state index in [9.17, 15) is 9.59 Å². The summed E-state index contributed by atoms with van der Waals surface area (Å²) >= 11 is 0. The average molecular weight is 283 g/mol. The molecule has 1 rings (SSSR count). The molecular weight excluding hydrogens is 262 g/mol. The van der Waals surface area contributed by atoms with Crippen LogP contribution in [-0.4, -0.2) is 45.4 Å². The van der Waals surface area contributed by atoms with Gasteiger partial charge in [0.25, 0.3) is 0 Å². The number of H-pyrrole nitrogens is 1. The van der Waals surface area contributed by atoms with E-state index in [4.69, 9.17) is 5.11 Å². The van der Waals surface area contributed by atoms with Crippen molar-refractivity contribution < 1.29 is 14.7 Å². The Morgan fingerprint density at radius 2 is 1.90 bits per heavy atom. The summed E-state index contributed by atoms with van der Waals surface area (Å²) in [4.78, 5) is 25.6. The van der Waals surface area contributed by atoms with Gasteiger partial charge in [0.1, 0.15) is 12.2 Å². The number of aliphatic carboxylic acids is 1. The van der Waals surface area contributed by atoms with Crippen molar-refractivity contribution in [3.05, 3.63) is 12.2 Å². The summed E-state index contributed by atoms with van der Waals surface area (Å²) in [6, 6.07) is -0.199. The lowest BCUT2D eigenvalue weighted by Gasteiger charge is -2.06. The van der Waals surface area contributed by atoms with Gasteiger partial charge in [0.05, 0.1) is 0 Å². The van der Waals surface area contributed by atoms with Crippen molar-refractivity contribution in [3.63, 3.8) is 0 Å². The summed E-state index contributed by atoms with van der Waals surface area (Å²) in [5.74, 6) is -0.0157. The second-order valence-electron chi connectivity index (χ2n) is 4.42. The van der Waals surface area contributed by atoms with Gasteiger partial charge in [-0.25, -0.2) is 9.78 Å². The molecule has 2 amide bonds. The van der Waals surface area contributed by atoms with Crippen LogP contribution in [0.15, 0.2) is 6.33 Å². The first-order valence-electron chi connectivity index (χ1n) is 6.76. The minimum atomic E-state index is -0.755. The third-order valence-corrected chi connectivity index (χ3v) is 2.72. The number of aromatic nitrogens is 3. The summed E-state index contributed by atoms with van der Waals surface area (Å²) in [5.41, 5.74) is 0. The number of hydrogen-bond acceptors (Lipinski definition) is 4. The minimum Gasteiger partial charge on any atom is -0.481 e. The van der Waals surface area contributed by atoms with E-state index >= 15 is 0 Å². The highest BCUT2D eigenvalue weighted by Gasteiger charge is 2.01. The highest BCUT2D eigenvalue weighted by atomic mass is 16.4. The van der Waals surface area contributed by atoms with Gasteiger partial charge in [-0.15, -0.1) is 0 Å². The molecule has 4 N–H and O–H groups in total. The van der Waals surface area contributed by atoms with E-state index in [1.807, 2.05) is 0 Å². The summed E-state index contributed by atoms with van der Waals surface area (Å²) in [6.07, 6.45) is 5.61. The summed E-state index contributed by atoms with van der Waals surface area (Å²) in [6.45, 7) is 1.10. The quantitative estimate of drug-likeness (QED) is 0.471. The number of carboxylic acid groups (broad SMARTS) is 1. The van der Waals surface area contributed by atoms with Gasteiger partial charge in [-0.3, -0.25) is 9.89 Å². The Morgan fingerprint density at radius 1 is 1.15 bits per heavy atom. The first kappa shape index (κ1) is 15.9. The van der Waals surface area contributed by atoms with Crippen LogP contribution in [0.3, 0.4) is 0 Å². The molecule has 0 atom stereocenters. The topological polar surface area (TPSA) is 120 Å². The molecule has 8 nitrogen and oxygen atoms in total. The van der Waals surface area contributed by atoms with E-state index in [1.165, 1.54) is 6.33 Å². The van der Waals surface area contributed by atoms with Crippen LogP contribution in [0.1, 0.15) is 37.9 Å². The van der Waals surface area contributed by atoms with Crippen LogP contribution in [-0.2, 0) is 11.2 Å². The zero-order valence-electron chi connectivity index (χ0n) is 11.4. The fourth-order valence-electron chi connectivity index (χ4n) is 1.66. The Morgan fingerprint density at radius 3 is 2.60 bits per heavy atom. The highest BCUT2D eigenvalue weighted by molar-refractivity contribution is 5.73. The normalized spacial score (nSPS) is 10.2. The van der Waals surface area contributed by atoms with Crippen molar-refractivity contribution in [1.82, 2.24) is 25.8 Å². The van der Waals surface area contributed by atoms with E-state index in [0.29, 0.717) is 25.9 Å². The molecule has 0 unspecified atom stereocenters. The van der Waals surface area contributed by atoms with Crippen molar-refractivity contribution in [2.24, 2.45) is 0 Å². The van der Waals surface area contributed by atoms with E-state index in [1.54, 1.807) is 0 Å². The molecule has 0 aliphatic heterocycles. The maximum atomic E-state index is 11.4. The molecule has 8 heteroatoms. The maximum Gasteiger partial charge on any atom is 0.314 e. The van der Waals surface area contributed by atoms with Gasteiger partial charge in [-0.05, 0) is 12.8 Å². The molecule has 0 radical (unpaired) electrons. The zero-order valence-corrected chi connectivity index (χ0v) is 11.4. The fraction of sp³-hybridized carbons (Fsp3) is 0.667. The van der Waals surface area contributed by atoms with Crippen LogP contribution in [0.25, 0.3) is 0 Å². The molecule has 20 heavy (non-hydrogen) atoms. The smallest absolute Gasteiger partial charge is 0.314 e. The lowest BCUT2D eigenvalue weighted by molar-refractivity contribution is -0.137. The highest BCUT2D eigenvalue weighted by Crippen LogP contribution is 2.01. The second-order valence-corrected chi connectivity index (χ2v) is 4.42. The molecule has 112 valence electrons. The number of nitrogens with one attached hydrogen (secondary N) is 3. The molecule has 1 aromatic heterocycles. The predicted octanol–water partition coefficient (Wildman–Crippen LogP) is 0.681. The third-order valence-electron chi connectivity index (χ3n) is 2.72. The maximum absolute atomic E-state index is 11.4. The second kappa shape index (κ2) is 9.76. The Balaban J connectivity index is 1.88. The number of rotatable bonds is 10. The Kier molecular flexibility index (Phi) is 7.78. The van der Waals surface area contributed by atoms with Gasteiger partial charge in [0, 0.05) is 25.9 Å². The van der Waals surface area contributed by atoms with E-state index < -0.39 is 5.97 Å². The van der Waals surface area contributed by atoms with Crippen molar-refractivity contribution in [2.45, 2.75) is 38.5 Å². The number of carbonyl (C=O) groups excluding carboxylic acids is 1. The molecule has 1 aromatic rings. The number of urea groups is 1. The summed E-state index contributed by atoms with van der Waals surface area (Å²) < 4.78 is 0. The van der Waals surface area contributed by atoms with E-state index in [2.05, 4.69) is 25.8 Å². The summed E-state index contributed by atoms with van der Waals surface area (Å²) in [7, 11) is 0. The van der Waals surface area contributed by atoms with Crippen LogP contribution in [0.5, 0.6) is 0 Å². The molecule has 1 heterocycles. The predicted molar refractivity (Wildman–Crippen MR) is 72.2 cm³/mol. The van der Waals surface area contributed by atoms with Gasteiger partial charge in [-0.2, -0.15) is 5.10 Å². The number of unbranched alkanes of at least 4 members (excludes halogenated alkanes) is 3. The van der Waals surface area contributed by atoms with Crippen LogP contribution in [0.2, 0.25) is 0 Å². The van der Waals surface area contributed by atoms with Crippen molar-refractivity contribution in [3.8, 4) is 0 Å². The van der Waals surface area contributed by atoms with Gasteiger partial charge in [0.15, 0.2) is 0 Å². The number of amides is 2. The Bertz CT molecular complexity index is 394. The van der Waals surface area contributed by atoms with E-state index in [-0.39, 0.29) is 12.5 Å². The van der Waals surface area contributed by atoms with Crippen molar-refractivity contribution >= 4 is 12.0 Å². The third kappa shape index (κ3) is 8.06. The number of nitrogens with zero attached hydrogens (tertiary/aromatic N) is 2. The SMILES string of the molecule is O=C(O)CCCCCCNC(=O)NCCc1ncn[nH]1. The Labute approximate surface area is 117 Å². The van der Waals surface area contributed by atoms with Gasteiger partial charge < -0.3 is 15.7 Å². The first-order valence-corrected chi connectivity index (χ1v) is 6.76. The largest absolute Gasteiger partial charge is 0.481 e. The van der Waals surface area contributed by atoms with Crippen molar-refractivity contribution in [2.75, 3.05) is 13.1 Å². The van der Waals surface area contributed by atoms with Gasteiger partial charge in [0.2, 0.25) is 0 Å². The molecule has 0 bridgehead atoms. The molecule has 0 aliphatic rings. The fourth-order valence-corrected chi connectivity index (χ4v) is 1.66. The molecule has 0 fully saturated rings. The molecular formula is C12H21N5O3. The molecule has 0 aromatic carbocycles. The number of carbonyl (C=O) groups is 2. The van der Waals surface area contributed by atoms with Crippen LogP contribution in [0.4, 0.5) is 4.79 Å². The summed E-state index contributed by atoms with van der Waals surface area (Å²) in [5, 5.41) is 20.4. The standard InChI is InChI=1S/C12H21N5O3/c18-11(19)5-3-1-2-4-7-13-12(20)14-8-6-10-15-9-16-17-10/h9H,1-8H2,(H,18,19)(H2,13,14,20)(H,15,16,17). The van der Waals surface area contributed by atoms with Gasteiger partial charge >= 0.3 is 12.0 Å². The molecule has 0 saturated heterocycles. The van der Waals surface area contributed by atoms with Gasteiger partial charge in [-0.1, -0.05) is 12.8 Å². The molecule has 0 saturated carbocycles. The lowest BCUT2D eigenvalue weighted by atomic mass is 10.1. The Hall–Kier alpha value is -2.12. The van der Waals surface area contributed by atoms with E-state index in [0.717, 1.165) is 25.1 Å². The lowest BCUT2D eigenvalue weighted by Crippen LogP contribution is -2.37. The van der Waals surface area contributed by atoms with Crippen LogP contribution in [0, 0.1) is 0 Å². The monoisotopic (exact) mass is 283 g/mol. The minimum absolute atomic E-state index is 0.199. The van der Waals surface area contributed by atoms with Crippen molar-refractivity contribution in [1.29, 1.82) is 0 Å². The zero-order chi connectivity index (χ0) is 14.6. The number of carboxylic acids is 1. The van der Waals surface area contributed by atoms with Crippen LogP contribution >= 0.6 is 0 Å². The average Bonchev–Trinajstić information content (AvgIpc) is 2.90. The first-order chi connectivity index (χ1) is 9.68. The number of hydrogen-bond donors (Lipinski definition) is 4. The number of aromatic amines is 1. The molecule has 0 spiro atoms. The molecule has 0 aliphatic carbocycles.